The van der Waals surface area contributed by atoms with Crippen LogP contribution in [0, 0.1) is 0 Å². The zero-order chi connectivity index (χ0) is 15.9. The van der Waals surface area contributed by atoms with Crippen LogP contribution in [0.2, 0.25) is 0 Å². The molecular weight excluding hydrogens is 340 g/mol. The Morgan fingerprint density at radius 3 is 2.27 bits per heavy atom. The Kier molecular flexibility index (Phi) is 5.67. The summed E-state index contributed by atoms with van der Waals surface area (Å²) in [7, 11) is 0. The van der Waals surface area contributed by atoms with Gasteiger partial charge in [0.05, 0.1) is 5.69 Å². The Bertz CT molecular complexity index is 728. The first-order valence-electron chi connectivity index (χ1n) is 7.10. The molecule has 0 unspecified atom stereocenters. The molecule has 0 aliphatic rings. The summed E-state index contributed by atoms with van der Waals surface area (Å²) in [5.74, 6) is 0.167. The van der Waals surface area contributed by atoms with Crippen molar-refractivity contribution < 1.29 is 5.11 Å². The van der Waals surface area contributed by atoms with Crippen LogP contribution < -0.4 is 0 Å². The predicted octanol–water partition coefficient (Wildman–Crippen LogP) is 5.30. The van der Waals surface area contributed by atoms with Gasteiger partial charge in [0.2, 0.25) is 0 Å². The van der Waals surface area contributed by atoms with E-state index in [-0.39, 0.29) is 5.75 Å². The molecule has 0 saturated carbocycles. The van der Waals surface area contributed by atoms with E-state index in [1.165, 1.54) is 0 Å². The number of aromatic hydroxyl groups is 1. The van der Waals surface area contributed by atoms with Gasteiger partial charge in [0.1, 0.15) is 11.4 Å². The minimum absolute atomic E-state index is 0.167. The van der Waals surface area contributed by atoms with E-state index < -0.39 is 0 Å². The second-order valence-corrected chi connectivity index (χ2v) is 5.23. The molecule has 0 radical (unpaired) electrons. The largest absolute Gasteiger partial charge is 0.506 e. The Hall–Kier alpha value is -2.20. The van der Waals surface area contributed by atoms with Gasteiger partial charge < -0.3 is 5.11 Å². The molecule has 1 aromatic carbocycles. The molecule has 3 rings (SSSR count). The lowest BCUT2D eigenvalue weighted by molar-refractivity contribution is 0.475. The van der Waals surface area contributed by atoms with Crippen LogP contribution >= 0.6 is 15.9 Å². The maximum absolute atomic E-state index is 10.0. The lowest BCUT2D eigenvalue weighted by Crippen LogP contribution is -1.89. The Morgan fingerprint density at radius 1 is 0.909 bits per heavy atom. The fraction of sp³-hybridized carbons (Fsp3) is 0.111. The van der Waals surface area contributed by atoms with E-state index in [9.17, 15) is 5.11 Å². The van der Waals surface area contributed by atoms with Gasteiger partial charge in [-0.1, -0.05) is 41.9 Å². The minimum atomic E-state index is 0.167. The smallest absolute Gasteiger partial charge is 0.141 e. The first-order chi connectivity index (χ1) is 10.7. The van der Waals surface area contributed by atoms with Crippen LogP contribution in [0.15, 0.2) is 65.4 Å². The third-order valence-electron chi connectivity index (χ3n) is 2.95. The summed E-state index contributed by atoms with van der Waals surface area (Å²) in [5, 5.41) is 10.0. The molecule has 0 amide bonds. The van der Waals surface area contributed by atoms with Crippen molar-refractivity contribution in [2.45, 2.75) is 13.8 Å². The number of halogens is 1. The van der Waals surface area contributed by atoms with Gasteiger partial charge in [0.15, 0.2) is 0 Å². The van der Waals surface area contributed by atoms with Crippen molar-refractivity contribution in [3.05, 3.63) is 65.4 Å². The Labute approximate surface area is 138 Å². The Balaban J connectivity index is 0.000000847. The monoisotopic (exact) mass is 356 g/mol. The van der Waals surface area contributed by atoms with E-state index in [4.69, 9.17) is 0 Å². The summed E-state index contributed by atoms with van der Waals surface area (Å²) in [5.41, 5.74) is 3.15. The van der Waals surface area contributed by atoms with Gasteiger partial charge in [0, 0.05) is 28.0 Å². The van der Waals surface area contributed by atoms with Crippen molar-refractivity contribution in [3.63, 3.8) is 0 Å². The number of aromatic nitrogens is 2. The molecule has 2 aromatic heterocycles. The molecule has 0 saturated heterocycles. The average molecular weight is 357 g/mol. The highest BCUT2D eigenvalue weighted by Crippen LogP contribution is 2.30. The summed E-state index contributed by atoms with van der Waals surface area (Å²) in [6, 6.07) is 14.9. The lowest BCUT2D eigenvalue weighted by Gasteiger charge is -2.07. The number of benzene rings is 1. The van der Waals surface area contributed by atoms with Gasteiger partial charge in [-0.05, 0) is 36.4 Å². The zero-order valence-corrected chi connectivity index (χ0v) is 14.1. The standard InChI is InChI=1S/C16H11BrN2O.C2H6/c17-13-5-3-11(4-6-13)16-15(20)8-7-14(19-16)12-2-1-9-18-10-12;1-2/h1-10,20H;1-2H3. The maximum atomic E-state index is 10.0. The van der Waals surface area contributed by atoms with Gasteiger partial charge >= 0.3 is 0 Å². The van der Waals surface area contributed by atoms with Gasteiger partial charge in [0.25, 0.3) is 0 Å². The summed E-state index contributed by atoms with van der Waals surface area (Å²) >= 11 is 3.40. The number of nitrogens with zero attached hydrogens (tertiary/aromatic N) is 2. The van der Waals surface area contributed by atoms with Crippen LogP contribution in [0.1, 0.15) is 13.8 Å². The van der Waals surface area contributed by atoms with E-state index >= 15 is 0 Å². The minimum Gasteiger partial charge on any atom is -0.506 e. The maximum Gasteiger partial charge on any atom is 0.141 e. The predicted molar refractivity (Wildman–Crippen MR) is 93.6 cm³/mol. The molecule has 3 aromatic rings. The number of hydrogen-bond acceptors (Lipinski definition) is 3. The molecule has 0 bridgehead atoms. The molecule has 112 valence electrons. The SMILES string of the molecule is CC.Oc1ccc(-c2cccnc2)nc1-c1ccc(Br)cc1. The van der Waals surface area contributed by atoms with Crippen LogP contribution in [-0.4, -0.2) is 15.1 Å². The van der Waals surface area contributed by atoms with Crippen molar-refractivity contribution >= 4 is 15.9 Å². The van der Waals surface area contributed by atoms with Gasteiger partial charge in [-0.2, -0.15) is 0 Å². The summed E-state index contributed by atoms with van der Waals surface area (Å²) < 4.78 is 0.990. The molecule has 2 heterocycles. The zero-order valence-electron chi connectivity index (χ0n) is 12.5. The molecular formula is C18H17BrN2O. The molecule has 0 aliphatic heterocycles. The normalized spacial score (nSPS) is 9.77. The van der Waals surface area contributed by atoms with E-state index in [1.807, 2.05) is 50.2 Å². The average Bonchev–Trinajstić information content (AvgIpc) is 2.59. The third kappa shape index (κ3) is 3.71. The molecule has 1 N–H and O–H groups in total. The van der Waals surface area contributed by atoms with Crippen molar-refractivity contribution in [1.29, 1.82) is 0 Å². The molecule has 0 spiro atoms. The quantitative estimate of drug-likeness (QED) is 0.677. The highest BCUT2D eigenvalue weighted by molar-refractivity contribution is 9.10. The molecule has 4 heteroatoms. The van der Waals surface area contributed by atoms with Gasteiger partial charge in [-0.25, -0.2) is 4.98 Å². The number of hydrogen-bond donors (Lipinski definition) is 1. The fourth-order valence-corrected chi connectivity index (χ4v) is 2.21. The highest BCUT2D eigenvalue weighted by atomic mass is 79.9. The summed E-state index contributed by atoms with van der Waals surface area (Å²) in [6.45, 7) is 4.00. The topological polar surface area (TPSA) is 46.0 Å². The summed E-state index contributed by atoms with van der Waals surface area (Å²) in [6.07, 6.45) is 3.48. The summed E-state index contributed by atoms with van der Waals surface area (Å²) in [4.78, 5) is 8.63. The molecule has 0 fully saturated rings. The van der Waals surface area contributed by atoms with E-state index in [0.717, 1.165) is 21.3 Å². The van der Waals surface area contributed by atoms with E-state index in [0.29, 0.717) is 5.69 Å². The molecule has 22 heavy (non-hydrogen) atoms. The molecule has 3 nitrogen and oxygen atoms in total. The molecule has 0 aliphatic carbocycles. The van der Waals surface area contributed by atoms with Crippen molar-refractivity contribution in [2.24, 2.45) is 0 Å². The van der Waals surface area contributed by atoms with Crippen molar-refractivity contribution in [2.75, 3.05) is 0 Å². The van der Waals surface area contributed by atoms with E-state index in [1.54, 1.807) is 24.5 Å². The van der Waals surface area contributed by atoms with Crippen molar-refractivity contribution in [3.8, 4) is 28.3 Å². The van der Waals surface area contributed by atoms with Crippen LogP contribution in [0.4, 0.5) is 0 Å². The van der Waals surface area contributed by atoms with Crippen LogP contribution in [0.3, 0.4) is 0 Å². The van der Waals surface area contributed by atoms with E-state index in [2.05, 4.69) is 25.9 Å². The Morgan fingerprint density at radius 2 is 1.64 bits per heavy atom. The first kappa shape index (κ1) is 16.2. The second kappa shape index (κ2) is 7.71. The highest BCUT2D eigenvalue weighted by Gasteiger charge is 2.08. The van der Waals surface area contributed by atoms with Gasteiger partial charge in [-0.3, -0.25) is 4.98 Å². The number of rotatable bonds is 2. The van der Waals surface area contributed by atoms with Gasteiger partial charge in [-0.15, -0.1) is 0 Å². The first-order valence-corrected chi connectivity index (χ1v) is 7.90. The van der Waals surface area contributed by atoms with Crippen molar-refractivity contribution in [1.82, 2.24) is 9.97 Å². The van der Waals surface area contributed by atoms with Crippen LogP contribution in [0.5, 0.6) is 5.75 Å². The lowest BCUT2D eigenvalue weighted by atomic mass is 10.1. The number of pyridine rings is 2. The fourth-order valence-electron chi connectivity index (χ4n) is 1.95. The third-order valence-corrected chi connectivity index (χ3v) is 3.48. The second-order valence-electron chi connectivity index (χ2n) is 4.31. The van der Waals surface area contributed by atoms with Crippen LogP contribution in [0.25, 0.3) is 22.5 Å². The molecule has 0 atom stereocenters. The van der Waals surface area contributed by atoms with Crippen LogP contribution in [-0.2, 0) is 0 Å².